The number of nitrogens with one attached hydrogen (secondary N) is 2. The second kappa shape index (κ2) is 21.8. The van der Waals surface area contributed by atoms with Gasteiger partial charge in [0, 0.05) is 68.7 Å². The number of likely N-dealkylation sites (N-methyl/N-ethyl adjacent to an activating group) is 2. The molecule has 0 amide bonds. The third kappa shape index (κ3) is 12.2. The van der Waals surface area contributed by atoms with E-state index in [0.29, 0.717) is 38.8 Å². The summed E-state index contributed by atoms with van der Waals surface area (Å²) < 4.78 is 41.4. The molecule has 0 spiro atoms. The molecule has 1 aromatic carbocycles. The van der Waals surface area contributed by atoms with Crippen LogP contribution in [0.15, 0.2) is 54.9 Å². The standard InChI is InChI=1S/C46H76FN7O9/c1-12-38-46(8,59)41(56)32(6)52(10)25-28(2)23-45(7,58)42(29(3)21-30(4)43(57)62-38)63-44-39(55)36(22-31(5)61-44)51(9)19-17-34-26-54(50-49-34)37(24-47)40(60-11)33-13-15-35(16-14-33)53-20-18-48-27-53/h13-16,18,20,26-32,36-42,44,49-50,55-56,58-59H,12,17,19,21-25H2,1-11H3/t28-,29+,30-,31-,32-,36+,37-,38-,39?,40-,41-,42-,44+,45-,46-/m1/s1. The van der Waals surface area contributed by atoms with Gasteiger partial charge in [-0.05, 0) is 97.0 Å². The third-order valence-corrected chi connectivity index (χ3v) is 13.6. The Kier molecular flexibility index (Phi) is 17.6. The van der Waals surface area contributed by atoms with Crippen LogP contribution in [-0.2, 0) is 23.7 Å². The van der Waals surface area contributed by atoms with Crippen molar-refractivity contribution in [1.82, 2.24) is 35.3 Å². The van der Waals surface area contributed by atoms with Gasteiger partial charge in [0.15, 0.2) is 6.29 Å². The molecule has 63 heavy (non-hydrogen) atoms. The van der Waals surface area contributed by atoms with Gasteiger partial charge in [-0.1, -0.05) is 39.8 Å². The molecule has 4 heterocycles. The largest absolute Gasteiger partial charge is 0.459 e. The van der Waals surface area contributed by atoms with Crippen molar-refractivity contribution in [2.24, 2.45) is 17.8 Å². The van der Waals surface area contributed by atoms with E-state index in [-0.39, 0.29) is 24.5 Å². The number of cyclic esters (lactones) is 1. The quantitative estimate of drug-likeness (QED) is 0.159. The molecule has 2 fully saturated rings. The fourth-order valence-electron chi connectivity index (χ4n) is 9.93. The fourth-order valence-corrected chi connectivity index (χ4v) is 9.93. The normalized spacial score (nSPS) is 36.5. The zero-order chi connectivity index (χ0) is 46.4. The number of aliphatic hydroxyl groups is 4. The lowest BCUT2D eigenvalue weighted by atomic mass is 9.79. The lowest BCUT2D eigenvalue weighted by molar-refractivity contribution is -0.296. The van der Waals surface area contributed by atoms with Gasteiger partial charge in [0.05, 0.1) is 30.1 Å². The predicted octanol–water partition coefficient (Wildman–Crippen LogP) is 3.84. The lowest BCUT2D eigenvalue weighted by Crippen LogP contribution is -2.59. The summed E-state index contributed by atoms with van der Waals surface area (Å²) in [4.78, 5) is 21.7. The molecular weight excluding hydrogens is 814 g/mol. The van der Waals surface area contributed by atoms with Crippen LogP contribution >= 0.6 is 0 Å². The second-order valence-corrected chi connectivity index (χ2v) is 19.1. The fraction of sp³-hybridized carbons (Fsp3) is 0.739. The number of nitrogens with zero attached hydrogens (tertiary/aromatic N) is 5. The highest BCUT2D eigenvalue weighted by Gasteiger charge is 2.48. The Morgan fingerprint density at radius 3 is 2.41 bits per heavy atom. The van der Waals surface area contributed by atoms with Crippen LogP contribution in [0.1, 0.15) is 99.2 Å². The molecule has 0 aliphatic carbocycles. The summed E-state index contributed by atoms with van der Waals surface area (Å²) in [5.74, 6) is -1.63. The minimum Gasteiger partial charge on any atom is -0.459 e. The molecule has 1 unspecified atom stereocenters. The number of carbonyl (C=O) groups is 1. The molecule has 3 aliphatic heterocycles. The molecule has 0 radical (unpaired) electrons. The second-order valence-electron chi connectivity index (χ2n) is 19.1. The van der Waals surface area contributed by atoms with E-state index < -0.39 is 84.6 Å². The molecule has 17 heteroatoms. The van der Waals surface area contributed by atoms with Gasteiger partial charge in [0.25, 0.3) is 0 Å². The number of aromatic nitrogens is 2. The first-order valence-corrected chi connectivity index (χ1v) is 22.6. The smallest absolute Gasteiger partial charge is 0.309 e. The monoisotopic (exact) mass is 890 g/mol. The van der Waals surface area contributed by atoms with Crippen LogP contribution in [-0.4, -0.2) is 158 Å². The number of rotatable bonds is 13. The first-order valence-electron chi connectivity index (χ1n) is 22.6. The van der Waals surface area contributed by atoms with Crippen LogP contribution in [0.4, 0.5) is 4.39 Å². The Balaban J connectivity index is 1.27. The number of esters is 1. The van der Waals surface area contributed by atoms with Gasteiger partial charge >= 0.3 is 5.97 Å². The summed E-state index contributed by atoms with van der Waals surface area (Å²) in [6, 6.07) is 6.22. The summed E-state index contributed by atoms with van der Waals surface area (Å²) in [6.07, 6.45) is 3.09. The van der Waals surface area contributed by atoms with Crippen molar-refractivity contribution < 1.29 is 48.6 Å². The minimum atomic E-state index is -1.71. The van der Waals surface area contributed by atoms with Crippen molar-refractivity contribution in [1.29, 1.82) is 0 Å². The first-order chi connectivity index (χ1) is 29.7. The van der Waals surface area contributed by atoms with E-state index in [1.807, 2.05) is 87.9 Å². The van der Waals surface area contributed by atoms with Crippen LogP contribution in [0, 0.1) is 17.8 Å². The van der Waals surface area contributed by atoms with Gasteiger partial charge in [0.2, 0.25) is 0 Å². The highest BCUT2D eigenvalue weighted by atomic mass is 19.1. The van der Waals surface area contributed by atoms with E-state index in [9.17, 15) is 29.6 Å². The van der Waals surface area contributed by atoms with Crippen molar-refractivity contribution in [3.05, 3.63) is 60.4 Å². The SMILES string of the molecule is CC[C@H]1OC(=O)[C@H](C)C[C@H](C)[C@@H](O[C@@H]2O[C@H](C)C[C@H](N(C)CCC3=CN([C@H](CF)[C@H](OC)c4ccc(-n5ccnc5)cc4)NN3)C2O)[C@](C)(O)C[C@@H](C)CN(C)[C@H](C)[C@@H](O)[C@]1(C)O. The molecular formula is C46H76FN7O9. The van der Waals surface area contributed by atoms with E-state index in [4.69, 9.17) is 18.9 Å². The Bertz CT molecular complexity index is 1750. The summed E-state index contributed by atoms with van der Waals surface area (Å²) in [6.45, 7) is 14.8. The number of methoxy groups -OCH3 is 1. The van der Waals surface area contributed by atoms with Gasteiger partial charge in [-0.25, -0.2) is 9.37 Å². The molecule has 2 aromatic rings. The maximum Gasteiger partial charge on any atom is 0.309 e. The number of benzene rings is 1. The summed E-state index contributed by atoms with van der Waals surface area (Å²) in [5.41, 5.74) is 5.74. The maximum absolute atomic E-state index is 14.7. The van der Waals surface area contributed by atoms with Crippen LogP contribution in [0.5, 0.6) is 0 Å². The van der Waals surface area contributed by atoms with Gasteiger partial charge in [-0.15, -0.1) is 5.53 Å². The van der Waals surface area contributed by atoms with Crippen molar-refractivity contribution in [3.63, 3.8) is 0 Å². The molecule has 6 N–H and O–H groups in total. The van der Waals surface area contributed by atoms with E-state index in [0.717, 1.165) is 16.9 Å². The van der Waals surface area contributed by atoms with Crippen molar-refractivity contribution in [2.45, 2.75) is 160 Å². The number of aliphatic hydroxyl groups excluding tert-OH is 2. The van der Waals surface area contributed by atoms with Gasteiger partial charge in [-0.3, -0.25) is 9.80 Å². The third-order valence-electron chi connectivity index (χ3n) is 13.6. The number of imidazole rings is 1. The molecule has 15 atom stereocenters. The van der Waals surface area contributed by atoms with Crippen LogP contribution in [0.3, 0.4) is 0 Å². The Labute approximate surface area is 373 Å². The summed E-state index contributed by atoms with van der Waals surface area (Å²) >= 11 is 0. The molecule has 16 nitrogen and oxygen atoms in total. The van der Waals surface area contributed by atoms with E-state index in [1.165, 1.54) is 6.92 Å². The van der Waals surface area contributed by atoms with Crippen LogP contribution < -0.4 is 11.0 Å². The highest BCUT2D eigenvalue weighted by Crippen LogP contribution is 2.37. The summed E-state index contributed by atoms with van der Waals surface area (Å²) in [5, 5.41) is 48.8. The number of hydrazine groups is 2. The molecule has 2 saturated heterocycles. The number of hydrogen-bond acceptors (Lipinski definition) is 15. The van der Waals surface area contributed by atoms with Gasteiger partial charge < -0.3 is 59.2 Å². The number of halogens is 1. The minimum absolute atomic E-state index is 0.0790. The maximum atomic E-state index is 14.7. The number of ether oxygens (including phenoxy) is 4. The predicted molar refractivity (Wildman–Crippen MR) is 236 cm³/mol. The van der Waals surface area contributed by atoms with Crippen LogP contribution in [0.25, 0.3) is 5.69 Å². The highest BCUT2D eigenvalue weighted by molar-refractivity contribution is 5.72. The van der Waals surface area contributed by atoms with E-state index >= 15 is 0 Å². The molecule has 0 bridgehead atoms. The van der Waals surface area contributed by atoms with Gasteiger partial charge in [0.1, 0.15) is 42.7 Å². The lowest BCUT2D eigenvalue weighted by Gasteiger charge is -2.46. The van der Waals surface area contributed by atoms with E-state index in [2.05, 4.69) is 20.8 Å². The van der Waals surface area contributed by atoms with Crippen molar-refractivity contribution in [3.8, 4) is 5.69 Å². The average molecular weight is 890 g/mol. The number of alkyl halides is 1. The topological polar surface area (TPSA) is 187 Å². The molecule has 0 saturated carbocycles. The Hall–Kier alpha value is -3.23. The van der Waals surface area contributed by atoms with Crippen molar-refractivity contribution in [2.75, 3.05) is 41.0 Å². The first kappa shape index (κ1) is 50.8. The molecule has 3 aliphatic rings. The van der Waals surface area contributed by atoms with Crippen LogP contribution in [0.2, 0.25) is 0 Å². The zero-order valence-electron chi connectivity index (χ0n) is 39.2. The number of hydrogen-bond donors (Lipinski definition) is 6. The zero-order valence-corrected chi connectivity index (χ0v) is 39.2. The number of carbonyl (C=O) groups excluding carboxylic acids is 1. The van der Waals surface area contributed by atoms with Gasteiger partial charge in [-0.2, -0.15) is 0 Å². The molecule has 1 aromatic heterocycles. The molecule has 356 valence electrons. The molecule has 5 rings (SSSR count). The summed E-state index contributed by atoms with van der Waals surface area (Å²) in [7, 11) is 5.37. The Morgan fingerprint density at radius 2 is 1.79 bits per heavy atom. The van der Waals surface area contributed by atoms with Crippen molar-refractivity contribution >= 4 is 5.97 Å². The van der Waals surface area contributed by atoms with E-state index in [1.54, 1.807) is 45.4 Å². The Morgan fingerprint density at radius 1 is 1.10 bits per heavy atom. The average Bonchev–Trinajstić information content (AvgIpc) is 3.96.